The average molecular weight is 588 g/mol. The van der Waals surface area contributed by atoms with E-state index in [1.807, 2.05) is 16.9 Å². The second kappa shape index (κ2) is 12.5. The molecule has 1 aliphatic heterocycles. The number of piperidine rings is 1. The van der Waals surface area contributed by atoms with Crippen LogP contribution in [0.1, 0.15) is 66.1 Å². The van der Waals surface area contributed by atoms with Crippen LogP contribution in [0.5, 0.6) is 5.75 Å². The second-order valence-corrected chi connectivity index (χ2v) is 12.8. The molecule has 1 saturated heterocycles. The van der Waals surface area contributed by atoms with Gasteiger partial charge in [0.1, 0.15) is 11.6 Å². The number of methoxy groups -OCH3 is 1. The number of likely N-dealkylation sites (tertiary alicyclic amines) is 1. The second-order valence-electron chi connectivity index (χ2n) is 9.91. The van der Waals surface area contributed by atoms with Crippen LogP contribution in [0, 0.1) is 11.7 Å². The molecule has 11 heteroatoms. The molecule has 208 valence electrons. The Morgan fingerprint density at radius 1 is 1.16 bits per heavy atom. The van der Waals surface area contributed by atoms with Crippen LogP contribution in [0.2, 0.25) is 10.0 Å². The van der Waals surface area contributed by atoms with E-state index in [1.54, 1.807) is 13.2 Å². The van der Waals surface area contributed by atoms with E-state index in [2.05, 4.69) is 4.90 Å². The van der Waals surface area contributed by atoms with E-state index < -0.39 is 21.7 Å². The standard InChI is InChI=1S/C27H33Cl2FN2O5S/c1-3-38(34,35)31-27(33)22-13-21(18-4-5-18)26(14-24(22)30)37-15-17-8-10-32(11-9-17)25(16-36-2)20-7-6-19(28)12-23(20)29/h6-7,12-14,17-18,25H,3-5,8-11,15-16H2,1-2H3,(H,31,33)/t25-/m0/s1. The lowest BCUT2D eigenvalue weighted by atomic mass is 9.95. The number of sulfonamides is 1. The number of halogens is 3. The van der Waals surface area contributed by atoms with Crippen LogP contribution in [0.15, 0.2) is 30.3 Å². The normalized spacial score (nSPS) is 17.8. The molecule has 1 atom stereocenters. The number of hydrogen-bond acceptors (Lipinski definition) is 6. The molecule has 0 bridgehead atoms. The number of rotatable bonds is 11. The van der Waals surface area contributed by atoms with Crippen LogP contribution in [-0.4, -0.2) is 58.4 Å². The molecule has 0 unspecified atom stereocenters. The summed E-state index contributed by atoms with van der Waals surface area (Å²) in [5.74, 6) is -1.15. The van der Waals surface area contributed by atoms with Gasteiger partial charge in [-0.3, -0.25) is 9.69 Å². The maximum absolute atomic E-state index is 14.9. The van der Waals surface area contributed by atoms with Gasteiger partial charge in [-0.15, -0.1) is 0 Å². The van der Waals surface area contributed by atoms with Gasteiger partial charge in [0, 0.05) is 23.2 Å². The van der Waals surface area contributed by atoms with E-state index in [9.17, 15) is 17.6 Å². The molecule has 0 spiro atoms. The summed E-state index contributed by atoms with van der Waals surface area (Å²) in [6.07, 6.45) is 3.62. The average Bonchev–Trinajstić information content (AvgIpc) is 3.72. The monoisotopic (exact) mass is 586 g/mol. The molecule has 2 fully saturated rings. The lowest BCUT2D eigenvalue weighted by molar-refractivity contribution is 0.0556. The van der Waals surface area contributed by atoms with Crippen molar-refractivity contribution >= 4 is 39.1 Å². The molecule has 2 aromatic carbocycles. The first kappa shape index (κ1) is 29.1. The fraction of sp³-hybridized carbons (Fsp3) is 0.519. The minimum Gasteiger partial charge on any atom is -0.493 e. The van der Waals surface area contributed by atoms with Crippen molar-refractivity contribution in [2.75, 3.05) is 39.2 Å². The van der Waals surface area contributed by atoms with Gasteiger partial charge in [0.2, 0.25) is 10.0 Å². The summed E-state index contributed by atoms with van der Waals surface area (Å²) >= 11 is 12.6. The van der Waals surface area contributed by atoms with E-state index in [1.165, 1.54) is 19.1 Å². The maximum atomic E-state index is 14.9. The molecule has 0 radical (unpaired) electrons. The Morgan fingerprint density at radius 2 is 1.87 bits per heavy atom. The van der Waals surface area contributed by atoms with Crippen LogP contribution in [0.3, 0.4) is 0 Å². The molecular formula is C27H33Cl2FN2O5S. The van der Waals surface area contributed by atoms with Crippen molar-refractivity contribution in [1.82, 2.24) is 9.62 Å². The number of nitrogens with zero attached hydrogens (tertiary/aromatic N) is 1. The molecule has 38 heavy (non-hydrogen) atoms. The van der Waals surface area contributed by atoms with Gasteiger partial charge in [0.25, 0.3) is 5.91 Å². The quantitative estimate of drug-likeness (QED) is 0.370. The molecule has 1 amide bonds. The van der Waals surface area contributed by atoms with Crippen molar-refractivity contribution in [3.63, 3.8) is 0 Å². The van der Waals surface area contributed by atoms with E-state index >= 15 is 0 Å². The lowest BCUT2D eigenvalue weighted by Gasteiger charge is -2.37. The summed E-state index contributed by atoms with van der Waals surface area (Å²) in [4.78, 5) is 14.8. The molecule has 2 aliphatic rings. The van der Waals surface area contributed by atoms with Crippen molar-refractivity contribution in [3.05, 3.63) is 62.9 Å². The van der Waals surface area contributed by atoms with Gasteiger partial charge in [-0.1, -0.05) is 29.3 Å². The third-order valence-electron chi connectivity index (χ3n) is 7.20. The van der Waals surface area contributed by atoms with Crippen LogP contribution in [0.25, 0.3) is 0 Å². The number of ether oxygens (including phenoxy) is 2. The Bertz CT molecular complexity index is 1260. The highest BCUT2D eigenvalue weighted by molar-refractivity contribution is 7.90. The smallest absolute Gasteiger partial charge is 0.267 e. The van der Waals surface area contributed by atoms with E-state index in [4.69, 9.17) is 32.7 Å². The van der Waals surface area contributed by atoms with Crippen molar-refractivity contribution in [2.24, 2.45) is 5.92 Å². The molecule has 1 saturated carbocycles. The predicted octanol–water partition coefficient (Wildman–Crippen LogP) is 5.57. The Balaban J connectivity index is 1.40. The third kappa shape index (κ3) is 7.18. The van der Waals surface area contributed by atoms with Crippen LogP contribution in [-0.2, 0) is 14.8 Å². The van der Waals surface area contributed by atoms with Crippen molar-refractivity contribution in [3.8, 4) is 5.75 Å². The molecule has 1 heterocycles. The third-order valence-corrected chi connectivity index (χ3v) is 9.02. The highest BCUT2D eigenvalue weighted by atomic mass is 35.5. The minimum absolute atomic E-state index is 0.0115. The van der Waals surface area contributed by atoms with Gasteiger partial charge in [-0.25, -0.2) is 17.5 Å². The molecule has 4 rings (SSSR count). The van der Waals surface area contributed by atoms with Gasteiger partial charge in [0.15, 0.2) is 0 Å². The van der Waals surface area contributed by atoms with E-state index in [-0.39, 0.29) is 29.2 Å². The highest BCUT2D eigenvalue weighted by Crippen LogP contribution is 2.45. The summed E-state index contributed by atoms with van der Waals surface area (Å²) < 4.78 is 51.9. The Morgan fingerprint density at radius 3 is 2.47 bits per heavy atom. The Labute approximate surface area is 233 Å². The first-order valence-electron chi connectivity index (χ1n) is 12.8. The first-order valence-corrected chi connectivity index (χ1v) is 15.2. The van der Waals surface area contributed by atoms with E-state index in [0.717, 1.165) is 49.9 Å². The minimum atomic E-state index is -3.80. The topological polar surface area (TPSA) is 84.9 Å². The van der Waals surface area contributed by atoms with Crippen molar-refractivity contribution < 1.29 is 27.1 Å². The van der Waals surface area contributed by atoms with Crippen LogP contribution >= 0.6 is 23.2 Å². The van der Waals surface area contributed by atoms with Crippen molar-refractivity contribution in [2.45, 2.75) is 44.6 Å². The van der Waals surface area contributed by atoms with Gasteiger partial charge in [0.05, 0.1) is 30.6 Å². The van der Waals surface area contributed by atoms with Gasteiger partial charge >= 0.3 is 0 Å². The van der Waals surface area contributed by atoms with E-state index in [0.29, 0.717) is 29.0 Å². The largest absolute Gasteiger partial charge is 0.493 e. The molecule has 1 aliphatic carbocycles. The Hall–Kier alpha value is -1.91. The van der Waals surface area contributed by atoms with Crippen LogP contribution < -0.4 is 9.46 Å². The number of amides is 1. The number of carbonyl (C=O) groups is 1. The zero-order chi connectivity index (χ0) is 27.4. The van der Waals surface area contributed by atoms with Gasteiger partial charge in [-0.05, 0) is 86.9 Å². The van der Waals surface area contributed by atoms with Gasteiger partial charge < -0.3 is 9.47 Å². The summed E-state index contributed by atoms with van der Waals surface area (Å²) in [5, 5.41) is 1.21. The maximum Gasteiger partial charge on any atom is 0.267 e. The van der Waals surface area contributed by atoms with Crippen LogP contribution in [0.4, 0.5) is 4.39 Å². The number of hydrogen-bond donors (Lipinski definition) is 1. The lowest BCUT2D eigenvalue weighted by Crippen LogP contribution is -2.40. The van der Waals surface area contributed by atoms with Crippen molar-refractivity contribution in [1.29, 1.82) is 0 Å². The predicted molar refractivity (Wildman–Crippen MR) is 146 cm³/mol. The highest BCUT2D eigenvalue weighted by Gasteiger charge is 2.31. The number of nitrogens with one attached hydrogen (secondary N) is 1. The number of benzene rings is 2. The molecule has 7 nitrogen and oxygen atoms in total. The Kier molecular flexibility index (Phi) is 9.58. The fourth-order valence-electron chi connectivity index (χ4n) is 4.81. The summed E-state index contributed by atoms with van der Waals surface area (Å²) in [7, 11) is -2.12. The SMILES string of the molecule is CCS(=O)(=O)NC(=O)c1cc(C2CC2)c(OCC2CCN([C@@H](COC)c3ccc(Cl)cc3Cl)CC2)cc1F. The molecular weight excluding hydrogens is 554 g/mol. The zero-order valence-corrected chi connectivity index (χ0v) is 23.8. The summed E-state index contributed by atoms with van der Waals surface area (Å²) in [5.41, 5.74) is 1.45. The van der Waals surface area contributed by atoms with Gasteiger partial charge in [-0.2, -0.15) is 0 Å². The zero-order valence-electron chi connectivity index (χ0n) is 21.5. The first-order chi connectivity index (χ1) is 18.1. The molecule has 2 aromatic rings. The summed E-state index contributed by atoms with van der Waals surface area (Å²) in [6.45, 7) is 4.00. The number of carbonyl (C=O) groups excluding carboxylic acids is 1. The molecule has 0 aromatic heterocycles. The summed E-state index contributed by atoms with van der Waals surface area (Å²) in [6, 6.07) is 8.19. The fourth-order valence-corrected chi connectivity index (χ4v) is 5.88. The molecule has 1 N–H and O–H groups in total.